The van der Waals surface area contributed by atoms with Crippen LogP contribution in [0.3, 0.4) is 0 Å². The van der Waals surface area contributed by atoms with Crippen molar-refractivity contribution >= 4 is 23.3 Å². The molecule has 4 nitrogen and oxygen atoms in total. The van der Waals surface area contributed by atoms with Crippen LogP contribution in [0.4, 0.5) is 0 Å². The highest BCUT2D eigenvalue weighted by Gasteiger charge is 2.21. The van der Waals surface area contributed by atoms with Crippen molar-refractivity contribution in [1.82, 2.24) is 10.2 Å². The lowest BCUT2D eigenvalue weighted by molar-refractivity contribution is -0.121. The molecule has 5 heteroatoms. The molecule has 1 aliphatic rings. The van der Waals surface area contributed by atoms with E-state index in [4.69, 9.17) is 11.6 Å². The number of hydrogen-bond acceptors (Lipinski definition) is 3. The van der Waals surface area contributed by atoms with E-state index < -0.39 is 0 Å². The van der Waals surface area contributed by atoms with Crippen LogP contribution in [0.1, 0.15) is 54.1 Å². The number of carbonyl (C=O) groups excluding carboxylic acids is 2. The smallest absolute Gasteiger partial charge is 0.220 e. The van der Waals surface area contributed by atoms with Gasteiger partial charge in [0.05, 0.1) is 0 Å². The maximum absolute atomic E-state index is 12.2. The molecule has 3 rings (SSSR count). The summed E-state index contributed by atoms with van der Waals surface area (Å²) < 4.78 is 0. The summed E-state index contributed by atoms with van der Waals surface area (Å²) in [6, 6.07) is 15.5. The minimum absolute atomic E-state index is 0.0798. The van der Waals surface area contributed by atoms with E-state index in [1.165, 1.54) is 12.0 Å². The summed E-state index contributed by atoms with van der Waals surface area (Å²) in [6.45, 7) is 5.01. The number of Topliss-reactive ketones (excluding diaryl/α,β-unsaturated/α-hetero) is 1. The van der Waals surface area contributed by atoms with E-state index in [0.29, 0.717) is 23.9 Å². The first-order chi connectivity index (χ1) is 14.0. The molecule has 2 aromatic rings. The molecule has 1 saturated heterocycles. The molecule has 0 bridgehead atoms. The van der Waals surface area contributed by atoms with Crippen molar-refractivity contribution in [3.63, 3.8) is 0 Å². The van der Waals surface area contributed by atoms with Crippen LogP contribution in [0.25, 0.3) is 0 Å². The molecule has 1 amide bonds. The van der Waals surface area contributed by atoms with Gasteiger partial charge in [-0.15, -0.1) is 0 Å². The molecule has 0 unspecified atom stereocenters. The highest BCUT2D eigenvalue weighted by atomic mass is 35.5. The SMILES string of the molecule is CC(=O)c1cccc(CN2CCC[C@@H](CCC(=O)NCc3ccccc3Cl)C2)c1. The Kier molecular flexibility index (Phi) is 7.84. The molecule has 0 radical (unpaired) electrons. The maximum Gasteiger partial charge on any atom is 0.220 e. The van der Waals surface area contributed by atoms with Gasteiger partial charge in [0.25, 0.3) is 0 Å². The fourth-order valence-electron chi connectivity index (χ4n) is 3.94. The van der Waals surface area contributed by atoms with Crippen molar-refractivity contribution in [3.8, 4) is 0 Å². The zero-order valence-electron chi connectivity index (χ0n) is 17.0. The summed E-state index contributed by atoms with van der Waals surface area (Å²) in [5.74, 6) is 0.716. The quantitative estimate of drug-likeness (QED) is 0.630. The van der Waals surface area contributed by atoms with Crippen LogP contribution in [-0.2, 0) is 17.9 Å². The molecule has 0 aliphatic carbocycles. The van der Waals surface area contributed by atoms with Crippen molar-refractivity contribution in [2.24, 2.45) is 5.92 Å². The van der Waals surface area contributed by atoms with Crippen molar-refractivity contribution in [1.29, 1.82) is 0 Å². The molecule has 1 aliphatic heterocycles. The van der Waals surface area contributed by atoms with Gasteiger partial charge in [0.15, 0.2) is 5.78 Å². The van der Waals surface area contributed by atoms with E-state index in [0.717, 1.165) is 43.6 Å². The number of benzene rings is 2. The largest absolute Gasteiger partial charge is 0.352 e. The summed E-state index contributed by atoms with van der Waals surface area (Å²) in [4.78, 5) is 26.3. The van der Waals surface area contributed by atoms with E-state index in [1.807, 2.05) is 42.5 Å². The Hall–Kier alpha value is -2.17. The van der Waals surface area contributed by atoms with Crippen molar-refractivity contribution < 1.29 is 9.59 Å². The molecule has 1 fully saturated rings. The number of carbonyl (C=O) groups is 2. The summed E-state index contributed by atoms with van der Waals surface area (Å²) >= 11 is 6.14. The normalized spacial score (nSPS) is 17.1. The molecular formula is C24H29ClN2O2. The van der Waals surface area contributed by atoms with Crippen LogP contribution in [0, 0.1) is 5.92 Å². The van der Waals surface area contributed by atoms with Crippen LogP contribution in [-0.4, -0.2) is 29.7 Å². The maximum atomic E-state index is 12.2. The lowest BCUT2D eigenvalue weighted by Gasteiger charge is -2.32. The van der Waals surface area contributed by atoms with Crippen LogP contribution in [0.5, 0.6) is 0 Å². The highest BCUT2D eigenvalue weighted by Crippen LogP contribution is 2.23. The zero-order valence-corrected chi connectivity index (χ0v) is 17.8. The highest BCUT2D eigenvalue weighted by molar-refractivity contribution is 6.31. The van der Waals surface area contributed by atoms with Crippen LogP contribution in [0.15, 0.2) is 48.5 Å². The van der Waals surface area contributed by atoms with Gasteiger partial charge in [0, 0.05) is 36.6 Å². The number of rotatable bonds is 8. The average molecular weight is 413 g/mol. The summed E-state index contributed by atoms with van der Waals surface area (Å²) in [7, 11) is 0. The number of piperidine rings is 1. The van der Waals surface area contributed by atoms with Crippen LogP contribution in [0.2, 0.25) is 5.02 Å². The van der Waals surface area contributed by atoms with E-state index >= 15 is 0 Å². The third-order valence-corrected chi connectivity index (χ3v) is 5.93. The Morgan fingerprint density at radius 2 is 2.00 bits per heavy atom. The standard InChI is InChI=1S/C24H29ClN2O2/c1-18(28)21-9-4-6-20(14-21)17-27-13-5-7-19(16-27)11-12-24(29)26-15-22-8-2-3-10-23(22)25/h2-4,6,8-10,14,19H,5,7,11-13,15-17H2,1H3,(H,26,29)/t19-/m0/s1. The first-order valence-electron chi connectivity index (χ1n) is 10.3. The molecule has 1 atom stereocenters. The third-order valence-electron chi connectivity index (χ3n) is 5.56. The second-order valence-electron chi connectivity index (χ2n) is 7.91. The molecule has 0 aromatic heterocycles. The van der Waals surface area contributed by atoms with Gasteiger partial charge in [-0.1, -0.05) is 48.0 Å². The number of nitrogens with one attached hydrogen (secondary N) is 1. The van der Waals surface area contributed by atoms with Gasteiger partial charge in [-0.25, -0.2) is 0 Å². The Labute approximate surface area is 178 Å². The number of hydrogen-bond donors (Lipinski definition) is 1. The Balaban J connectivity index is 1.43. The predicted octanol–water partition coefficient (Wildman–Crippen LogP) is 4.85. The summed E-state index contributed by atoms with van der Waals surface area (Å²) in [5.41, 5.74) is 2.89. The molecule has 1 heterocycles. The number of amides is 1. The van der Waals surface area contributed by atoms with E-state index in [1.54, 1.807) is 6.92 Å². The number of nitrogens with zero attached hydrogens (tertiary/aromatic N) is 1. The van der Waals surface area contributed by atoms with Gasteiger partial charge in [0.2, 0.25) is 5.91 Å². The van der Waals surface area contributed by atoms with Gasteiger partial charge in [-0.3, -0.25) is 14.5 Å². The molecular weight excluding hydrogens is 384 g/mol. The van der Waals surface area contributed by atoms with Crippen LogP contribution >= 0.6 is 11.6 Å². The minimum atomic E-state index is 0.0798. The molecule has 154 valence electrons. The Morgan fingerprint density at radius 1 is 1.17 bits per heavy atom. The number of likely N-dealkylation sites (tertiary alicyclic amines) is 1. The lowest BCUT2D eigenvalue weighted by Crippen LogP contribution is -2.35. The van der Waals surface area contributed by atoms with Crippen molar-refractivity contribution in [2.75, 3.05) is 13.1 Å². The number of halogens is 1. The third kappa shape index (κ3) is 6.69. The zero-order chi connectivity index (χ0) is 20.6. The Bertz CT molecular complexity index is 852. The van der Waals surface area contributed by atoms with E-state index in [-0.39, 0.29) is 11.7 Å². The predicted molar refractivity (Wildman–Crippen MR) is 117 cm³/mol. The Morgan fingerprint density at radius 3 is 2.79 bits per heavy atom. The van der Waals surface area contributed by atoms with Crippen molar-refractivity contribution in [2.45, 2.75) is 45.7 Å². The summed E-state index contributed by atoms with van der Waals surface area (Å²) in [6.07, 6.45) is 3.77. The van der Waals surface area contributed by atoms with Crippen LogP contribution < -0.4 is 5.32 Å². The fraction of sp³-hybridized carbons (Fsp3) is 0.417. The average Bonchev–Trinajstić information content (AvgIpc) is 2.72. The monoisotopic (exact) mass is 412 g/mol. The van der Waals surface area contributed by atoms with Crippen molar-refractivity contribution in [3.05, 3.63) is 70.2 Å². The van der Waals surface area contributed by atoms with E-state index in [2.05, 4.69) is 16.3 Å². The molecule has 0 saturated carbocycles. The van der Waals surface area contributed by atoms with Gasteiger partial charge in [-0.2, -0.15) is 0 Å². The number of ketones is 1. The lowest BCUT2D eigenvalue weighted by atomic mass is 9.93. The van der Waals surface area contributed by atoms with Gasteiger partial charge >= 0.3 is 0 Å². The van der Waals surface area contributed by atoms with E-state index in [9.17, 15) is 9.59 Å². The van der Waals surface area contributed by atoms with Gasteiger partial charge in [0.1, 0.15) is 0 Å². The molecule has 29 heavy (non-hydrogen) atoms. The fourth-order valence-corrected chi connectivity index (χ4v) is 4.14. The second-order valence-corrected chi connectivity index (χ2v) is 8.31. The minimum Gasteiger partial charge on any atom is -0.352 e. The topological polar surface area (TPSA) is 49.4 Å². The first-order valence-corrected chi connectivity index (χ1v) is 10.7. The summed E-state index contributed by atoms with van der Waals surface area (Å²) in [5, 5.41) is 3.66. The van der Waals surface area contributed by atoms with Gasteiger partial charge < -0.3 is 5.32 Å². The molecule has 0 spiro atoms. The molecule has 1 N–H and O–H groups in total. The van der Waals surface area contributed by atoms with Gasteiger partial charge in [-0.05, 0) is 61.9 Å². The molecule has 2 aromatic carbocycles. The first kappa shape index (κ1) is 21.5. The second kappa shape index (κ2) is 10.6.